The van der Waals surface area contributed by atoms with Crippen LogP contribution in [0.15, 0.2) is 78.4 Å². The number of anilines is 1. The molecule has 7 nitrogen and oxygen atoms in total. The average Bonchev–Trinajstić information content (AvgIpc) is 2.92. The lowest BCUT2D eigenvalue weighted by atomic mass is 10.0. The Kier molecular flexibility index (Phi) is 7.09. The second-order valence-corrected chi connectivity index (χ2v) is 9.56. The third-order valence-corrected chi connectivity index (χ3v) is 6.94. The fourth-order valence-electron chi connectivity index (χ4n) is 4.60. The summed E-state index contributed by atoms with van der Waals surface area (Å²) >= 11 is 6.61. The van der Waals surface area contributed by atoms with Gasteiger partial charge in [-0.1, -0.05) is 66.2 Å². The minimum absolute atomic E-state index is 0.212. The molecular formula is C31H25ClN2O5. The van der Waals surface area contributed by atoms with Crippen molar-refractivity contribution < 1.29 is 23.9 Å². The second kappa shape index (κ2) is 10.6. The van der Waals surface area contributed by atoms with E-state index in [-0.39, 0.29) is 17.2 Å². The van der Waals surface area contributed by atoms with Gasteiger partial charge in [0.1, 0.15) is 12.2 Å². The first-order chi connectivity index (χ1) is 18.8. The molecule has 4 aromatic rings. The van der Waals surface area contributed by atoms with Gasteiger partial charge in [0.2, 0.25) is 0 Å². The van der Waals surface area contributed by atoms with Crippen LogP contribution in [0.1, 0.15) is 22.3 Å². The van der Waals surface area contributed by atoms with E-state index in [1.54, 1.807) is 43.3 Å². The molecule has 196 valence electrons. The van der Waals surface area contributed by atoms with E-state index in [4.69, 9.17) is 21.1 Å². The van der Waals surface area contributed by atoms with Gasteiger partial charge in [0.05, 0.1) is 17.8 Å². The molecule has 0 atom stereocenters. The number of urea groups is 1. The molecule has 1 heterocycles. The van der Waals surface area contributed by atoms with Gasteiger partial charge in [-0.3, -0.25) is 14.9 Å². The normalized spacial score (nSPS) is 14.6. The predicted octanol–water partition coefficient (Wildman–Crippen LogP) is 6.36. The van der Waals surface area contributed by atoms with Crippen molar-refractivity contribution in [3.63, 3.8) is 0 Å². The maximum atomic E-state index is 13.3. The number of hydrogen-bond acceptors (Lipinski definition) is 5. The van der Waals surface area contributed by atoms with Crippen LogP contribution in [0.5, 0.6) is 11.5 Å². The van der Waals surface area contributed by atoms with E-state index in [9.17, 15) is 14.4 Å². The van der Waals surface area contributed by atoms with Crippen LogP contribution in [0.4, 0.5) is 10.5 Å². The summed E-state index contributed by atoms with van der Waals surface area (Å²) in [5.74, 6) is -0.857. The predicted molar refractivity (Wildman–Crippen MR) is 151 cm³/mol. The van der Waals surface area contributed by atoms with Gasteiger partial charge in [0, 0.05) is 5.56 Å². The molecule has 4 amide bonds. The highest BCUT2D eigenvalue weighted by Gasteiger charge is 2.37. The maximum Gasteiger partial charge on any atom is 0.335 e. The first-order valence-electron chi connectivity index (χ1n) is 12.2. The first kappa shape index (κ1) is 26.0. The molecule has 1 N–H and O–H groups in total. The van der Waals surface area contributed by atoms with Crippen LogP contribution >= 0.6 is 11.6 Å². The Balaban J connectivity index is 1.47. The summed E-state index contributed by atoms with van der Waals surface area (Å²) < 4.78 is 11.7. The smallest absolute Gasteiger partial charge is 0.335 e. The van der Waals surface area contributed by atoms with Crippen LogP contribution in [0.2, 0.25) is 5.02 Å². The van der Waals surface area contributed by atoms with Crippen molar-refractivity contribution in [3.05, 3.63) is 106 Å². The molecule has 39 heavy (non-hydrogen) atoms. The fraction of sp³-hybridized carbons (Fsp3) is 0.129. The standard InChI is InChI=1S/C31H25ClN2O5/c1-18-12-13-21-9-5-6-10-22(21)24(18)17-39-28-25(32)15-20(16-27(28)38-3)14-23-29(35)33-31(37)34(30(23)36)26-11-7-4-8-19(26)2/h4-16H,17H2,1-3H3,(H,33,35,37)/b23-14+. The van der Waals surface area contributed by atoms with Crippen LogP contribution in [-0.2, 0) is 16.2 Å². The number of rotatable bonds is 6. The number of carbonyl (C=O) groups is 3. The van der Waals surface area contributed by atoms with Crippen molar-refractivity contribution in [3.8, 4) is 11.5 Å². The number of nitrogens with one attached hydrogen (secondary N) is 1. The molecule has 0 radical (unpaired) electrons. The Morgan fingerprint density at radius 3 is 2.44 bits per heavy atom. The third kappa shape index (κ3) is 4.96. The van der Waals surface area contributed by atoms with Gasteiger partial charge in [0.15, 0.2) is 11.5 Å². The van der Waals surface area contributed by atoms with Gasteiger partial charge in [-0.15, -0.1) is 0 Å². The number of nitrogens with zero attached hydrogens (tertiary/aromatic N) is 1. The van der Waals surface area contributed by atoms with E-state index >= 15 is 0 Å². The zero-order valence-electron chi connectivity index (χ0n) is 21.6. The quantitative estimate of drug-likeness (QED) is 0.227. The number of barbiturate groups is 1. The SMILES string of the molecule is COc1cc(/C=C2\C(=O)NC(=O)N(c3ccccc3C)C2=O)cc(Cl)c1OCc1c(C)ccc2ccccc12. The molecule has 0 unspecified atom stereocenters. The summed E-state index contributed by atoms with van der Waals surface area (Å²) in [4.78, 5) is 39.4. The molecule has 0 saturated carbocycles. The van der Waals surface area contributed by atoms with Gasteiger partial charge >= 0.3 is 6.03 Å². The molecule has 0 aromatic heterocycles. The van der Waals surface area contributed by atoms with Gasteiger partial charge in [-0.25, -0.2) is 9.69 Å². The van der Waals surface area contributed by atoms with Crippen molar-refractivity contribution in [1.29, 1.82) is 0 Å². The molecule has 1 aliphatic rings. The molecule has 5 rings (SSSR count). The zero-order chi connectivity index (χ0) is 27.7. The molecule has 8 heteroatoms. The third-order valence-electron chi connectivity index (χ3n) is 6.66. The van der Waals surface area contributed by atoms with E-state index in [2.05, 4.69) is 11.4 Å². The van der Waals surface area contributed by atoms with Crippen LogP contribution in [0.25, 0.3) is 16.8 Å². The largest absolute Gasteiger partial charge is 0.493 e. The Hall–Kier alpha value is -4.62. The number of methoxy groups -OCH3 is 1. The minimum atomic E-state index is -0.806. The van der Waals surface area contributed by atoms with Crippen molar-refractivity contribution >= 4 is 52.0 Å². The number of fused-ring (bicyclic) bond motifs is 1. The van der Waals surface area contributed by atoms with Crippen LogP contribution < -0.4 is 19.7 Å². The zero-order valence-corrected chi connectivity index (χ0v) is 22.3. The average molecular weight is 541 g/mol. The number of aryl methyl sites for hydroxylation is 2. The van der Waals surface area contributed by atoms with E-state index in [0.717, 1.165) is 26.8 Å². The van der Waals surface area contributed by atoms with Crippen molar-refractivity contribution in [2.75, 3.05) is 12.0 Å². The van der Waals surface area contributed by atoms with E-state index in [0.29, 0.717) is 28.3 Å². The number of ether oxygens (including phenoxy) is 2. The summed E-state index contributed by atoms with van der Waals surface area (Å²) in [6.45, 7) is 4.06. The summed E-state index contributed by atoms with van der Waals surface area (Å²) in [7, 11) is 1.48. The molecule has 1 aliphatic heterocycles. The highest BCUT2D eigenvalue weighted by atomic mass is 35.5. The van der Waals surface area contributed by atoms with Gasteiger partial charge < -0.3 is 9.47 Å². The molecular weight excluding hydrogens is 516 g/mol. The topological polar surface area (TPSA) is 84.9 Å². The number of para-hydroxylation sites is 1. The number of hydrogen-bond donors (Lipinski definition) is 1. The summed E-state index contributed by atoms with van der Waals surface area (Å²) in [6.07, 6.45) is 1.38. The molecule has 1 saturated heterocycles. The van der Waals surface area contributed by atoms with Gasteiger partial charge in [-0.2, -0.15) is 0 Å². The molecule has 0 bridgehead atoms. The Morgan fingerprint density at radius 2 is 1.67 bits per heavy atom. The van der Waals surface area contributed by atoms with Crippen LogP contribution in [-0.4, -0.2) is 25.0 Å². The van der Waals surface area contributed by atoms with Crippen LogP contribution in [0, 0.1) is 13.8 Å². The van der Waals surface area contributed by atoms with E-state index < -0.39 is 17.8 Å². The lowest BCUT2D eigenvalue weighted by molar-refractivity contribution is -0.122. The van der Waals surface area contributed by atoms with E-state index in [1.165, 1.54) is 13.2 Å². The Bertz CT molecular complexity index is 1680. The number of benzene rings is 4. The van der Waals surface area contributed by atoms with Gasteiger partial charge in [-0.05, 0) is 65.6 Å². The van der Waals surface area contributed by atoms with Crippen molar-refractivity contribution in [1.82, 2.24) is 5.32 Å². The molecule has 1 fully saturated rings. The number of amides is 4. The summed E-state index contributed by atoms with van der Waals surface area (Å²) in [6, 6.07) is 21.5. The summed E-state index contributed by atoms with van der Waals surface area (Å²) in [5.41, 5.74) is 3.44. The van der Waals surface area contributed by atoms with Crippen molar-refractivity contribution in [2.45, 2.75) is 20.5 Å². The second-order valence-electron chi connectivity index (χ2n) is 9.15. The highest BCUT2D eigenvalue weighted by molar-refractivity contribution is 6.39. The number of carbonyl (C=O) groups excluding carboxylic acids is 3. The monoisotopic (exact) mass is 540 g/mol. The molecule has 4 aromatic carbocycles. The minimum Gasteiger partial charge on any atom is -0.493 e. The fourth-order valence-corrected chi connectivity index (χ4v) is 4.87. The lowest BCUT2D eigenvalue weighted by Crippen LogP contribution is -2.54. The van der Waals surface area contributed by atoms with Crippen LogP contribution in [0.3, 0.4) is 0 Å². The maximum absolute atomic E-state index is 13.3. The Morgan fingerprint density at radius 1 is 0.923 bits per heavy atom. The van der Waals surface area contributed by atoms with E-state index in [1.807, 2.05) is 37.3 Å². The first-order valence-corrected chi connectivity index (χ1v) is 12.6. The highest BCUT2D eigenvalue weighted by Crippen LogP contribution is 2.38. The molecule has 0 aliphatic carbocycles. The Labute approximate surface area is 230 Å². The van der Waals surface area contributed by atoms with Gasteiger partial charge in [0.25, 0.3) is 11.8 Å². The number of imide groups is 2. The lowest BCUT2D eigenvalue weighted by Gasteiger charge is -2.27. The van der Waals surface area contributed by atoms with Crippen molar-refractivity contribution in [2.24, 2.45) is 0 Å². The number of halogens is 1. The summed E-state index contributed by atoms with van der Waals surface area (Å²) in [5, 5.41) is 4.68. The molecule has 0 spiro atoms.